The summed E-state index contributed by atoms with van der Waals surface area (Å²) in [6, 6.07) is 7.37. The summed E-state index contributed by atoms with van der Waals surface area (Å²) in [5, 5.41) is 0. The Morgan fingerprint density at radius 2 is 1.91 bits per heavy atom. The van der Waals surface area contributed by atoms with Crippen LogP contribution in [0, 0.1) is 11.7 Å². The van der Waals surface area contributed by atoms with Gasteiger partial charge in [-0.25, -0.2) is 9.18 Å². The number of nitrogens with zero attached hydrogens (tertiary/aromatic N) is 3. The van der Waals surface area contributed by atoms with E-state index in [1.807, 2.05) is 0 Å². The highest BCUT2D eigenvalue weighted by Gasteiger charge is 2.30. The summed E-state index contributed by atoms with van der Waals surface area (Å²) in [6.45, 7) is 1.40. The molecule has 1 saturated heterocycles. The summed E-state index contributed by atoms with van der Waals surface area (Å²) in [4.78, 5) is 53.5. The largest absolute Gasteiger partial charge is 0.492 e. The average molecular weight is 486 g/mol. The molecule has 10 heteroatoms. The third kappa shape index (κ3) is 5.21. The first kappa shape index (κ1) is 24.4. The van der Waals surface area contributed by atoms with Crippen molar-refractivity contribution >= 4 is 17.8 Å². The standard InChI is InChI=1S/C25H28FN3O6/c1-27-14-16(11-21(27)30)15-35-20-13-23(32)29-10-9-28(8-7-19(29)24(20)25(33)34-2)22(31)12-17-5-3-4-6-18(17)26/h3-6,13,16H,7-12,14-15H2,1-2H3. The van der Waals surface area contributed by atoms with Gasteiger partial charge in [0.15, 0.2) is 0 Å². The maximum absolute atomic E-state index is 14.0. The van der Waals surface area contributed by atoms with Gasteiger partial charge in [-0.1, -0.05) is 18.2 Å². The normalized spacial score (nSPS) is 17.7. The van der Waals surface area contributed by atoms with E-state index >= 15 is 0 Å². The first-order valence-electron chi connectivity index (χ1n) is 11.5. The summed E-state index contributed by atoms with van der Waals surface area (Å²) in [7, 11) is 2.97. The van der Waals surface area contributed by atoms with Gasteiger partial charge in [0, 0.05) is 63.7 Å². The molecule has 9 nitrogen and oxygen atoms in total. The number of carbonyl (C=O) groups is 3. The van der Waals surface area contributed by atoms with Crippen molar-refractivity contribution in [2.45, 2.75) is 25.8 Å². The molecule has 0 radical (unpaired) electrons. The zero-order valence-electron chi connectivity index (χ0n) is 19.8. The molecule has 2 aliphatic heterocycles. The molecule has 35 heavy (non-hydrogen) atoms. The van der Waals surface area contributed by atoms with Crippen molar-refractivity contribution in [3.8, 4) is 5.75 Å². The Labute approximate surface area is 202 Å². The third-order valence-electron chi connectivity index (χ3n) is 6.53. The van der Waals surface area contributed by atoms with E-state index in [1.165, 1.54) is 23.8 Å². The minimum absolute atomic E-state index is 0.0222. The third-order valence-corrected chi connectivity index (χ3v) is 6.53. The van der Waals surface area contributed by atoms with E-state index < -0.39 is 11.8 Å². The van der Waals surface area contributed by atoms with E-state index in [1.54, 1.807) is 35.0 Å². The fourth-order valence-corrected chi connectivity index (χ4v) is 4.63. The van der Waals surface area contributed by atoms with E-state index in [-0.39, 0.29) is 73.7 Å². The molecule has 2 aliphatic rings. The summed E-state index contributed by atoms with van der Waals surface area (Å²) >= 11 is 0. The second-order valence-corrected chi connectivity index (χ2v) is 8.87. The lowest BCUT2D eigenvalue weighted by molar-refractivity contribution is -0.130. The monoisotopic (exact) mass is 485 g/mol. The van der Waals surface area contributed by atoms with Crippen LogP contribution < -0.4 is 10.3 Å². The minimum atomic E-state index is -0.644. The second-order valence-electron chi connectivity index (χ2n) is 8.87. The molecule has 1 aromatic heterocycles. The number of fused-ring (bicyclic) bond motifs is 1. The number of carbonyl (C=O) groups excluding carboxylic acids is 3. The van der Waals surface area contributed by atoms with Crippen LogP contribution in [0.2, 0.25) is 0 Å². The van der Waals surface area contributed by atoms with Gasteiger partial charge in [-0.15, -0.1) is 0 Å². The second kappa shape index (κ2) is 10.3. The van der Waals surface area contributed by atoms with Gasteiger partial charge in [0.05, 0.1) is 20.1 Å². The number of benzene rings is 1. The van der Waals surface area contributed by atoms with Crippen LogP contribution in [-0.4, -0.2) is 72.5 Å². The van der Waals surface area contributed by atoms with Crippen molar-refractivity contribution in [2.75, 3.05) is 40.4 Å². The zero-order valence-corrected chi connectivity index (χ0v) is 19.8. The van der Waals surface area contributed by atoms with E-state index in [4.69, 9.17) is 9.47 Å². The molecule has 0 bridgehead atoms. The molecular formula is C25H28FN3O6. The van der Waals surface area contributed by atoms with Crippen LogP contribution in [-0.2, 0) is 33.7 Å². The molecule has 0 N–H and O–H groups in total. The van der Waals surface area contributed by atoms with Gasteiger partial charge in [-0.3, -0.25) is 14.4 Å². The highest BCUT2D eigenvalue weighted by molar-refractivity contribution is 5.93. The molecule has 4 rings (SSSR count). The quantitative estimate of drug-likeness (QED) is 0.572. The topological polar surface area (TPSA) is 98.2 Å². The molecule has 0 saturated carbocycles. The molecule has 0 spiro atoms. The zero-order chi connectivity index (χ0) is 25.1. The lowest BCUT2D eigenvalue weighted by Crippen LogP contribution is -2.35. The van der Waals surface area contributed by atoms with Crippen molar-refractivity contribution in [1.82, 2.24) is 14.4 Å². The molecule has 186 valence electrons. The Morgan fingerprint density at radius 3 is 2.60 bits per heavy atom. The van der Waals surface area contributed by atoms with Gasteiger partial charge in [-0.2, -0.15) is 0 Å². The lowest BCUT2D eigenvalue weighted by Gasteiger charge is -2.20. The van der Waals surface area contributed by atoms with Crippen molar-refractivity contribution in [3.63, 3.8) is 0 Å². The van der Waals surface area contributed by atoms with E-state index in [0.717, 1.165) is 0 Å². The number of hydrogen-bond donors (Lipinski definition) is 0. The van der Waals surface area contributed by atoms with Crippen LogP contribution in [0.25, 0.3) is 0 Å². The van der Waals surface area contributed by atoms with Crippen LogP contribution in [0.4, 0.5) is 4.39 Å². The summed E-state index contributed by atoms with van der Waals surface area (Å²) in [5.41, 5.74) is 0.525. The van der Waals surface area contributed by atoms with Crippen molar-refractivity contribution in [2.24, 2.45) is 5.92 Å². The molecule has 0 aliphatic carbocycles. The first-order chi connectivity index (χ1) is 16.8. The molecule has 3 heterocycles. The number of amides is 2. The number of esters is 1. The number of ether oxygens (including phenoxy) is 2. The highest BCUT2D eigenvalue weighted by Crippen LogP contribution is 2.26. The van der Waals surface area contributed by atoms with Gasteiger partial charge >= 0.3 is 5.97 Å². The molecule has 1 aromatic carbocycles. The number of halogens is 1. The fraction of sp³-hybridized carbons (Fsp3) is 0.440. The molecule has 1 fully saturated rings. The maximum atomic E-state index is 14.0. The van der Waals surface area contributed by atoms with Crippen molar-refractivity contribution in [1.29, 1.82) is 0 Å². The smallest absolute Gasteiger partial charge is 0.343 e. The number of rotatable bonds is 6. The lowest BCUT2D eigenvalue weighted by atomic mass is 10.1. The molecule has 1 atom stereocenters. The number of aromatic nitrogens is 1. The minimum Gasteiger partial charge on any atom is -0.492 e. The molecule has 2 aromatic rings. The van der Waals surface area contributed by atoms with Gasteiger partial charge in [0.25, 0.3) is 5.56 Å². The number of pyridine rings is 1. The van der Waals surface area contributed by atoms with Gasteiger partial charge < -0.3 is 23.8 Å². The van der Waals surface area contributed by atoms with E-state index in [0.29, 0.717) is 24.2 Å². The first-order valence-corrected chi connectivity index (χ1v) is 11.5. The Bertz CT molecular complexity index is 1210. The van der Waals surface area contributed by atoms with Gasteiger partial charge in [-0.05, 0) is 11.6 Å². The summed E-state index contributed by atoms with van der Waals surface area (Å²) in [6.07, 6.45) is 0.474. The van der Waals surface area contributed by atoms with Crippen LogP contribution in [0.5, 0.6) is 5.75 Å². The average Bonchev–Trinajstić information content (AvgIpc) is 3.02. The van der Waals surface area contributed by atoms with E-state index in [2.05, 4.69) is 0 Å². The number of methoxy groups -OCH3 is 1. The van der Waals surface area contributed by atoms with Gasteiger partial charge in [0.2, 0.25) is 11.8 Å². The Hall–Kier alpha value is -3.69. The molecule has 1 unspecified atom stereocenters. The fourth-order valence-electron chi connectivity index (χ4n) is 4.63. The van der Waals surface area contributed by atoms with Crippen LogP contribution in [0.1, 0.15) is 28.0 Å². The maximum Gasteiger partial charge on any atom is 0.343 e. The molecular weight excluding hydrogens is 457 g/mol. The SMILES string of the molecule is COC(=O)c1c(OCC2CC(=O)N(C)C2)cc(=O)n2c1CCN(C(=O)Cc1ccccc1F)CC2. The summed E-state index contributed by atoms with van der Waals surface area (Å²) < 4.78 is 26.3. The number of hydrogen-bond acceptors (Lipinski definition) is 6. The van der Waals surface area contributed by atoms with Crippen LogP contribution >= 0.6 is 0 Å². The predicted octanol–water partition coefficient (Wildman–Crippen LogP) is 1.26. The van der Waals surface area contributed by atoms with Crippen molar-refractivity contribution < 1.29 is 28.2 Å². The Balaban J connectivity index is 1.55. The van der Waals surface area contributed by atoms with Gasteiger partial charge in [0.1, 0.15) is 17.1 Å². The van der Waals surface area contributed by atoms with Crippen LogP contribution in [0.15, 0.2) is 35.1 Å². The van der Waals surface area contributed by atoms with Crippen LogP contribution in [0.3, 0.4) is 0 Å². The Morgan fingerprint density at radius 1 is 1.14 bits per heavy atom. The summed E-state index contributed by atoms with van der Waals surface area (Å²) in [5.74, 6) is -1.27. The molecule has 2 amide bonds. The Kier molecular flexibility index (Phi) is 7.18. The van der Waals surface area contributed by atoms with E-state index in [9.17, 15) is 23.6 Å². The number of likely N-dealkylation sites (tertiary alicyclic amines) is 1. The highest BCUT2D eigenvalue weighted by atomic mass is 19.1. The van der Waals surface area contributed by atoms with Crippen molar-refractivity contribution in [3.05, 3.63) is 63.3 Å². The predicted molar refractivity (Wildman–Crippen MR) is 124 cm³/mol.